The number of carbonyl (C=O) groups is 1. The lowest BCUT2D eigenvalue weighted by molar-refractivity contribution is -0.00656. The van der Waals surface area contributed by atoms with Gasteiger partial charge in [0.05, 0.1) is 17.6 Å². The van der Waals surface area contributed by atoms with Crippen molar-refractivity contribution >= 4 is 28.8 Å². The van der Waals surface area contributed by atoms with Crippen LogP contribution in [0.1, 0.15) is 28.1 Å². The number of hydrogen-bond acceptors (Lipinski definition) is 3. The molecule has 3 nitrogen and oxygen atoms in total. The number of halogens is 1. The van der Waals surface area contributed by atoms with Gasteiger partial charge in [-0.15, -0.1) is 11.3 Å². The van der Waals surface area contributed by atoms with E-state index in [1.807, 2.05) is 46.7 Å². The third-order valence-corrected chi connectivity index (χ3v) is 5.06. The number of nitrogens with zero attached hydrogens (tertiary/aromatic N) is 1. The largest absolute Gasteiger partial charge is 0.372 e. The molecule has 22 heavy (non-hydrogen) atoms. The molecule has 1 aliphatic heterocycles. The normalized spacial score (nSPS) is 18.4. The number of piperidine rings is 1. The Morgan fingerprint density at radius 2 is 2.18 bits per heavy atom. The molecule has 0 N–H and O–H groups in total. The average Bonchev–Trinajstić information content (AvgIpc) is 3.08. The van der Waals surface area contributed by atoms with Crippen molar-refractivity contribution < 1.29 is 9.53 Å². The second-order valence-corrected chi connectivity index (χ2v) is 6.75. The predicted molar refractivity (Wildman–Crippen MR) is 89.5 cm³/mol. The van der Waals surface area contributed by atoms with Crippen molar-refractivity contribution in [1.29, 1.82) is 0 Å². The Bertz CT molecular complexity index is 629. The Morgan fingerprint density at radius 3 is 2.95 bits per heavy atom. The van der Waals surface area contributed by atoms with E-state index in [-0.39, 0.29) is 12.0 Å². The van der Waals surface area contributed by atoms with Gasteiger partial charge >= 0.3 is 0 Å². The fraction of sp³-hybridized carbons (Fsp3) is 0.353. The highest BCUT2D eigenvalue weighted by Crippen LogP contribution is 2.21. The first-order valence-corrected chi connectivity index (χ1v) is 8.67. The molecule has 2 aromatic rings. The van der Waals surface area contributed by atoms with Crippen LogP contribution in [-0.4, -0.2) is 30.0 Å². The number of benzene rings is 1. The Balaban J connectivity index is 1.57. The quantitative estimate of drug-likeness (QED) is 0.837. The van der Waals surface area contributed by atoms with Crippen LogP contribution in [0.2, 0.25) is 5.02 Å². The van der Waals surface area contributed by atoms with Crippen LogP contribution < -0.4 is 0 Å². The molecule has 0 bridgehead atoms. The van der Waals surface area contributed by atoms with E-state index < -0.39 is 0 Å². The molecule has 3 rings (SSSR count). The summed E-state index contributed by atoms with van der Waals surface area (Å²) in [6.45, 7) is 1.95. The van der Waals surface area contributed by atoms with E-state index in [0.717, 1.165) is 34.8 Å². The first kappa shape index (κ1) is 15.5. The SMILES string of the molecule is O=C(c1cccs1)N1CCCC(OCc2ccccc2Cl)C1. The number of likely N-dealkylation sites (tertiary alicyclic amines) is 1. The highest BCUT2D eigenvalue weighted by Gasteiger charge is 2.25. The lowest BCUT2D eigenvalue weighted by Crippen LogP contribution is -2.42. The van der Waals surface area contributed by atoms with Gasteiger partial charge in [0.15, 0.2) is 0 Å². The fourth-order valence-electron chi connectivity index (χ4n) is 2.64. The second-order valence-electron chi connectivity index (χ2n) is 5.40. The molecule has 1 unspecified atom stereocenters. The van der Waals surface area contributed by atoms with E-state index in [2.05, 4.69) is 0 Å². The molecule has 1 atom stereocenters. The van der Waals surface area contributed by atoms with Crippen molar-refractivity contribution in [2.75, 3.05) is 13.1 Å². The summed E-state index contributed by atoms with van der Waals surface area (Å²) in [5.41, 5.74) is 0.992. The van der Waals surface area contributed by atoms with Crippen LogP contribution in [0.25, 0.3) is 0 Å². The first-order chi connectivity index (χ1) is 10.7. The van der Waals surface area contributed by atoms with Crippen molar-refractivity contribution in [2.24, 2.45) is 0 Å². The molecule has 1 amide bonds. The first-order valence-electron chi connectivity index (χ1n) is 7.42. The van der Waals surface area contributed by atoms with Crippen LogP contribution >= 0.6 is 22.9 Å². The molecule has 0 spiro atoms. The molecular formula is C17H18ClNO2S. The van der Waals surface area contributed by atoms with E-state index in [4.69, 9.17) is 16.3 Å². The number of hydrogen-bond donors (Lipinski definition) is 0. The molecule has 1 fully saturated rings. The van der Waals surface area contributed by atoms with Crippen molar-refractivity contribution in [2.45, 2.75) is 25.6 Å². The maximum Gasteiger partial charge on any atom is 0.264 e. The highest BCUT2D eigenvalue weighted by molar-refractivity contribution is 7.12. The second kappa shape index (κ2) is 7.27. The minimum absolute atomic E-state index is 0.0777. The van der Waals surface area contributed by atoms with Crippen LogP contribution in [0.5, 0.6) is 0 Å². The molecule has 2 heterocycles. The van der Waals surface area contributed by atoms with Gasteiger partial charge in [0, 0.05) is 18.1 Å². The van der Waals surface area contributed by atoms with Gasteiger partial charge in [-0.3, -0.25) is 4.79 Å². The lowest BCUT2D eigenvalue weighted by Gasteiger charge is -2.32. The maximum absolute atomic E-state index is 12.4. The van der Waals surface area contributed by atoms with Crippen molar-refractivity contribution in [3.8, 4) is 0 Å². The molecule has 1 aromatic carbocycles. The van der Waals surface area contributed by atoms with Crippen molar-refractivity contribution in [3.63, 3.8) is 0 Å². The Morgan fingerprint density at radius 1 is 1.32 bits per heavy atom. The third-order valence-electron chi connectivity index (χ3n) is 3.83. The van der Waals surface area contributed by atoms with Crippen LogP contribution in [0, 0.1) is 0 Å². The Hall–Kier alpha value is -1.36. The summed E-state index contributed by atoms with van der Waals surface area (Å²) in [4.78, 5) is 15.1. The molecule has 1 saturated heterocycles. The predicted octanol–water partition coefficient (Wildman–Crippen LogP) is 4.22. The number of rotatable bonds is 4. The molecular weight excluding hydrogens is 318 g/mol. The smallest absolute Gasteiger partial charge is 0.264 e. The van der Waals surface area contributed by atoms with Crippen LogP contribution in [0.3, 0.4) is 0 Å². The van der Waals surface area contributed by atoms with Gasteiger partial charge in [-0.25, -0.2) is 0 Å². The summed E-state index contributed by atoms with van der Waals surface area (Å²) >= 11 is 7.63. The number of thiophene rings is 1. The minimum atomic E-state index is 0.0777. The number of carbonyl (C=O) groups excluding carboxylic acids is 1. The third kappa shape index (κ3) is 3.69. The van der Waals surface area contributed by atoms with E-state index in [1.165, 1.54) is 11.3 Å². The highest BCUT2D eigenvalue weighted by atomic mass is 35.5. The zero-order chi connectivity index (χ0) is 15.4. The molecule has 0 saturated carbocycles. The summed E-state index contributed by atoms with van der Waals surface area (Å²) in [7, 11) is 0. The monoisotopic (exact) mass is 335 g/mol. The van der Waals surface area contributed by atoms with Crippen LogP contribution in [0.4, 0.5) is 0 Å². The summed E-state index contributed by atoms with van der Waals surface area (Å²) in [6, 6.07) is 11.5. The minimum Gasteiger partial charge on any atom is -0.372 e. The van der Waals surface area contributed by atoms with Gasteiger partial charge in [-0.05, 0) is 35.9 Å². The van der Waals surface area contributed by atoms with Gasteiger partial charge in [0.2, 0.25) is 0 Å². The van der Waals surface area contributed by atoms with Gasteiger partial charge in [0.1, 0.15) is 0 Å². The molecule has 0 radical (unpaired) electrons. The topological polar surface area (TPSA) is 29.5 Å². The van der Waals surface area contributed by atoms with E-state index in [1.54, 1.807) is 0 Å². The van der Waals surface area contributed by atoms with Gasteiger partial charge in [-0.2, -0.15) is 0 Å². The molecule has 1 aliphatic rings. The standard InChI is InChI=1S/C17H18ClNO2S/c18-15-7-2-1-5-13(15)12-21-14-6-3-9-19(11-14)17(20)16-8-4-10-22-16/h1-2,4-5,7-8,10,14H,3,6,9,11-12H2. The molecule has 0 aliphatic carbocycles. The number of ether oxygens (including phenoxy) is 1. The Kier molecular flexibility index (Phi) is 5.13. The van der Waals surface area contributed by atoms with Crippen molar-refractivity contribution in [3.05, 3.63) is 57.2 Å². The number of amides is 1. The zero-order valence-corrected chi connectivity index (χ0v) is 13.8. The zero-order valence-electron chi connectivity index (χ0n) is 12.2. The van der Waals surface area contributed by atoms with Crippen molar-refractivity contribution in [1.82, 2.24) is 4.90 Å². The van der Waals surface area contributed by atoms with Gasteiger partial charge in [-0.1, -0.05) is 35.9 Å². The van der Waals surface area contributed by atoms with Gasteiger partial charge < -0.3 is 9.64 Å². The summed E-state index contributed by atoms with van der Waals surface area (Å²) in [5, 5.41) is 2.66. The lowest BCUT2D eigenvalue weighted by atomic mass is 10.1. The van der Waals surface area contributed by atoms with Crippen LogP contribution in [0.15, 0.2) is 41.8 Å². The maximum atomic E-state index is 12.4. The average molecular weight is 336 g/mol. The molecule has 1 aromatic heterocycles. The summed E-state index contributed by atoms with van der Waals surface area (Å²) in [5.74, 6) is 0.112. The molecule has 116 valence electrons. The van der Waals surface area contributed by atoms with Crippen LogP contribution in [-0.2, 0) is 11.3 Å². The molecule has 5 heteroatoms. The van der Waals surface area contributed by atoms with Gasteiger partial charge in [0.25, 0.3) is 5.91 Å². The van der Waals surface area contributed by atoms with E-state index in [9.17, 15) is 4.79 Å². The van der Waals surface area contributed by atoms with E-state index in [0.29, 0.717) is 13.2 Å². The summed E-state index contributed by atoms with van der Waals surface area (Å²) < 4.78 is 5.97. The fourth-order valence-corrected chi connectivity index (χ4v) is 3.52. The van der Waals surface area contributed by atoms with E-state index >= 15 is 0 Å². The summed E-state index contributed by atoms with van der Waals surface area (Å²) in [6.07, 6.45) is 2.04. The Labute approximate surface area is 139 Å².